The molecule has 0 aliphatic carbocycles. The van der Waals surface area contributed by atoms with Crippen LogP contribution in [0.4, 0.5) is 5.69 Å². The second kappa shape index (κ2) is 7.22. The van der Waals surface area contributed by atoms with E-state index in [0.717, 1.165) is 24.2 Å². The van der Waals surface area contributed by atoms with E-state index >= 15 is 0 Å². The van der Waals surface area contributed by atoms with Crippen molar-refractivity contribution < 1.29 is 10.2 Å². The summed E-state index contributed by atoms with van der Waals surface area (Å²) >= 11 is 0. The van der Waals surface area contributed by atoms with Gasteiger partial charge in [-0.3, -0.25) is 4.90 Å². The lowest BCUT2D eigenvalue weighted by molar-refractivity contribution is 0.162. The van der Waals surface area contributed by atoms with Gasteiger partial charge < -0.3 is 15.9 Å². The molecule has 1 aromatic rings. The number of nitrogens with two attached hydrogens (primary N) is 1. The zero-order valence-electron chi connectivity index (χ0n) is 9.47. The lowest BCUT2D eigenvalue weighted by Crippen LogP contribution is -2.31. The molecule has 1 aromatic carbocycles. The van der Waals surface area contributed by atoms with Gasteiger partial charge in [0, 0.05) is 25.3 Å². The summed E-state index contributed by atoms with van der Waals surface area (Å²) in [7, 11) is 0. The fourth-order valence-corrected chi connectivity index (χ4v) is 1.66. The Labute approximate surface area is 96.3 Å². The van der Waals surface area contributed by atoms with Gasteiger partial charge in [-0.1, -0.05) is 18.2 Å². The van der Waals surface area contributed by atoms with Gasteiger partial charge in [0.05, 0.1) is 13.2 Å². The van der Waals surface area contributed by atoms with Crippen molar-refractivity contribution in [2.75, 3.05) is 38.6 Å². The van der Waals surface area contributed by atoms with E-state index in [0.29, 0.717) is 13.1 Å². The number of anilines is 1. The van der Waals surface area contributed by atoms with Crippen molar-refractivity contribution in [1.82, 2.24) is 4.90 Å². The molecule has 0 spiro atoms. The number of para-hydroxylation sites is 1. The van der Waals surface area contributed by atoms with Crippen LogP contribution in [0.25, 0.3) is 0 Å². The predicted octanol–water partition coefficient (Wildman–Crippen LogP) is 0.0979. The van der Waals surface area contributed by atoms with E-state index in [4.69, 9.17) is 15.9 Å². The normalized spacial score (nSPS) is 10.9. The Kier molecular flexibility index (Phi) is 5.85. The summed E-state index contributed by atoms with van der Waals surface area (Å²) in [6, 6.07) is 7.77. The van der Waals surface area contributed by atoms with Crippen LogP contribution in [0.5, 0.6) is 0 Å². The van der Waals surface area contributed by atoms with Crippen LogP contribution in [0.2, 0.25) is 0 Å². The molecule has 16 heavy (non-hydrogen) atoms. The van der Waals surface area contributed by atoms with Crippen LogP contribution in [0.15, 0.2) is 24.3 Å². The average molecular weight is 224 g/mol. The number of benzene rings is 1. The summed E-state index contributed by atoms with van der Waals surface area (Å²) < 4.78 is 0. The number of rotatable bonds is 7. The quantitative estimate of drug-likeness (QED) is 0.574. The molecule has 0 saturated heterocycles. The Morgan fingerprint density at radius 2 is 1.62 bits per heavy atom. The first-order valence-corrected chi connectivity index (χ1v) is 5.55. The number of hydrogen-bond acceptors (Lipinski definition) is 4. The van der Waals surface area contributed by atoms with Gasteiger partial charge in [0.2, 0.25) is 0 Å². The van der Waals surface area contributed by atoms with Crippen LogP contribution >= 0.6 is 0 Å². The summed E-state index contributed by atoms with van der Waals surface area (Å²) in [5, 5.41) is 17.7. The summed E-state index contributed by atoms with van der Waals surface area (Å²) in [6.45, 7) is 2.21. The zero-order chi connectivity index (χ0) is 11.8. The Bertz CT molecular complexity index is 299. The lowest BCUT2D eigenvalue weighted by atomic mass is 10.1. The molecular weight excluding hydrogens is 204 g/mol. The number of hydrogen-bond donors (Lipinski definition) is 3. The molecule has 4 N–H and O–H groups in total. The van der Waals surface area contributed by atoms with Crippen LogP contribution < -0.4 is 5.73 Å². The molecule has 0 heterocycles. The number of aliphatic hydroxyl groups is 2. The SMILES string of the molecule is Nc1ccccc1CCN(CCO)CCO. The molecule has 0 saturated carbocycles. The molecule has 1 rings (SSSR count). The van der Waals surface area contributed by atoms with E-state index in [1.165, 1.54) is 0 Å². The van der Waals surface area contributed by atoms with E-state index in [1.54, 1.807) is 0 Å². The minimum atomic E-state index is 0.115. The fourth-order valence-electron chi connectivity index (χ4n) is 1.66. The van der Waals surface area contributed by atoms with Crippen LogP contribution in [-0.2, 0) is 6.42 Å². The van der Waals surface area contributed by atoms with E-state index in [1.807, 2.05) is 29.2 Å². The maximum absolute atomic E-state index is 8.87. The van der Waals surface area contributed by atoms with Gasteiger partial charge in [0.25, 0.3) is 0 Å². The van der Waals surface area contributed by atoms with Gasteiger partial charge in [-0.2, -0.15) is 0 Å². The maximum atomic E-state index is 8.87. The highest BCUT2D eigenvalue weighted by molar-refractivity contribution is 5.46. The monoisotopic (exact) mass is 224 g/mol. The third kappa shape index (κ3) is 4.18. The third-order valence-electron chi connectivity index (χ3n) is 2.58. The first-order chi connectivity index (χ1) is 7.77. The second-order valence-corrected chi connectivity index (χ2v) is 3.74. The smallest absolute Gasteiger partial charge is 0.0558 e. The first-order valence-electron chi connectivity index (χ1n) is 5.55. The second-order valence-electron chi connectivity index (χ2n) is 3.74. The highest BCUT2D eigenvalue weighted by Crippen LogP contribution is 2.11. The molecule has 4 nitrogen and oxygen atoms in total. The summed E-state index contributed by atoms with van der Waals surface area (Å²) in [5.74, 6) is 0. The molecule has 0 fully saturated rings. The van der Waals surface area contributed by atoms with Crippen molar-refractivity contribution in [2.24, 2.45) is 0 Å². The standard InChI is InChI=1S/C12H20N2O2/c13-12-4-2-1-3-11(12)5-6-14(7-9-15)8-10-16/h1-4,15-16H,5-10,13H2. The van der Waals surface area contributed by atoms with Crippen molar-refractivity contribution in [3.05, 3.63) is 29.8 Å². The van der Waals surface area contributed by atoms with Crippen LogP contribution in [0, 0.1) is 0 Å². The minimum absolute atomic E-state index is 0.115. The van der Waals surface area contributed by atoms with E-state index < -0.39 is 0 Å². The molecule has 0 aliphatic rings. The Hall–Kier alpha value is -1.10. The van der Waals surface area contributed by atoms with Crippen molar-refractivity contribution in [3.8, 4) is 0 Å². The Morgan fingerprint density at radius 3 is 2.19 bits per heavy atom. The summed E-state index contributed by atoms with van der Waals surface area (Å²) in [6.07, 6.45) is 0.840. The van der Waals surface area contributed by atoms with Crippen molar-refractivity contribution in [1.29, 1.82) is 0 Å². The first kappa shape index (κ1) is 13.0. The van der Waals surface area contributed by atoms with Gasteiger partial charge in [-0.05, 0) is 18.1 Å². The molecule has 0 amide bonds. The molecule has 0 aliphatic heterocycles. The van der Waals surface area contributed by atoms with E-state index in [2.05, 4.69) is 0 Å². The largest absolute Gasteiger partial charge is 0.399 e. The lowest BCUT2D eigenvalue weighted by Gasteiger charge is -2.20. The third-order valence-corrected chi connectivity index (χ3v) is 2.58. The highest BCUT2D eigenvalue weighted by Gasteiger charge is 2.05. The van der Waals surface area contributed by atoms with Crippen molar-refractivity contribution >= 4 is 5.69 Å². The average Bonchev–Trinajstić information content (AvgIpc) is 2.28. The summed E-state index contributed by atoms with van der Waals surface area (Å²) in [5.41, 5.74) is 7.75. The minimum Gasteiger partial charge on any atom is -0.399 e. The molecule has 0 radical (unpaired) electrons. The molecule has 0 aromatic heterocycles. The molecule has 0 unspecified atom stereocenters. The van der Waals surface area contributed by atoms with E-state index in [-0.39, 0.29) is 13.2 Å². The van der Waals surface area contributed by atoms with Crippen LogP contribution in [-0.4, -0.2) is 48.0 Å². The molecular formula is C12H20N2O2. The number of nitrogen functional groups attached to an aromatic ring is 1. The molecule has 90 valence electrons. The molecule has 0 atom stereocenters. The molecule has 4 heteroatoms. The summed E-state index contributed by atoms with van der Waals surface area (Å²) in [4.78, 5) is 2.02. The van der Waals surface area contributed by atoms with Crippen molar-refractivity contribution in [2.45, 2.75) is 6.42 Å². The maximum Gasteiger partial charge on any atom is 0.0558 e. The molecule has 0 bridgehead atoms. The van der Waals surface area contributed by atoms with Crippen LogP contribution in [0.1, 0.15) is 5.56 Å². The zero-order valence-corrected chi connectivity index (χ0v) is 9.47. The van der Waals surface area contributed by atoms with Gasteiger partial charge in [0.15, 0.2) is 0 Å². The van der Waals surface area contributed by atoms with E-state index in [9.17, 15) is 0 Å². The number of aliphatic hydroxyl groups excluding tert-OH is 2. The number of nitrogens with zero attached hydrogens (tertiary/aromatic N) is 1. The Morgan fingerprint density at radius 1 is 1.00 bits per heavy atom. The Balaban J connectivity index is 2.45. The van der Waals surface area contributed by atoms with Crippen LogP contribution in [0.3, 0.4) is 0 Å². The topological polar surface area (TPSA) is 69.7 Å². The predicted molar refractivity (Wildman–Crippen MR) is 65.2 cm³/mol. The van der Waals surface area contributed by atoms with Gasteiger partial charge >= 0.3 is 0 Å². The van der Waals surface area contributed by atoms with Gasteiger partial charge in [0.1, 0.15) is 0 Å². The van der Waals surface area contributed by atoms with Gasteiger partial charge in [-0.15, -0.1) is 0 Å². The van der Waals surface area contributed by atoms with Gasteiger partial charge in [-0.25, -0.2) is 0 Å². The van der Waals surface area contributed by atoms with Crippen molar-refractivity contribution in [3.63, 3.8) is 0 Å². The highest BCUT2D eigenvalue weighted by atomic mass is 16.3. The fraction of sp³-hybridized carbons (Fsp3) is 0.500.